The zero-order valence-corrected chi connectivity index (χ0v) is 13.2. The van der Waals surface area contributed by atoms with Crippen LogP contribution in [-0.4, -0.2) is 15.7 Å². The highest BCUT2D eigenvalue weighted by Gasteiger charge is 2.11. The Kier molecular flexibility index (Phi) is 4.12. The van der Waals surface area contributed by atoms with Crippen molar-refractivity contribution in [1.82, 2.24) is 9.78 Å². The monoisotopic (exact) mass is 327 g/mol. The molecule has 1 N–H and O–H groups in total. The summed E-state index contributed by atoms with van der Waals surface area (Å²) in [4.78, 5) is 12.2. The minimum absolute atomic E-state index is 0.192. The fourth-order valence-electron chi connectivity index (χ4n) is 2.43. The van der Waals surface area contributed by atoms with Crippen LogP contribution in [0.25, 0.3) is 5.69 Å². The van der Waals surface area contributed by atoms with Gasteiger partial charge >= 0.3 is 0 Å². The normalized spacial score (nSPS) is 10.7. The van der Waals surface area contributed by atoms with Crippen LogP contribution in [0.1, 0.15) is 21.7 Å². The van der Waals surface area contributed by atoms with E-state index in [0.717, 1.165) is 35.3 Å². The highest BCUT2D eigenvalue weighted by Crippen LogP contribution is 2.18. The number of hydrogen-bond donors (Lipinski definition) is 1. The molecule has 0 radical (unpaired) electrons. The minimum Gasteiger partial charge on any atom is -0.319 e. The molecule has 0 unspecified atom stereocenters. The zero-order valence-electron chi connectivity index (χ0n) is 13.2. The lowest BCUT2D eigenvalue weighted by atomic mass is 10.2. The number of aryl methyl sites for hydroxylation is 2. The first-order valence-corrected chi connectivity index (χ1v) is 7.34. The molecule has 122 valence electrons. The molecule has 2 aromatic carbocycles. The molecule has 1 aromatic heterocycles. The summed E-state index contributed by atoms with van der Waals surface area (Å²) < 4.78 is 28.5. The van der Waals surface area contributed by atoms with Crippen LogP contribution >= 0.6 is 0 Å². The van der Waals surface area contributed by atoms with E-state index >= 15 is 0 Å². The average Bonchev–Trinajstić information content (AvgIpc) is 2.89. The van der Waals surface area contributed by atoms with Gasteiger partial charge in [-0.15, -0.1) is 0 Å². The van der Waals surface area contributed by atoms with Gasteiger partial charge in [0.15, 0.2) is 0 Å². The van der Waals surface area contributed by atoms with Crippen LogP contribution < -0.4 is 5.32 Å². The van der Waals surface area contributed by atoms with E-state index in [0.29, 0.717) is 5.56 Å². The molecule has 0 fully saturated rings. The Balaban J connectivity index is 1.81. The largest absolute Gasteiger partial charge is 0.319 e. The number of benzene rings is 2. The van der Waals surface area contributed by atoms with Crippen molar-refractivity contribution in [1.29, 1.82) is 0 Å². The summed E-state index contributed by atoms with van der Waals surface area (Å²) in [6.07, 6.45) is 0. The molecule has 4 nitrogen and oxygen atoms in total. The minimum atomic E-state index is -0.691. The Labute approximate surface area is 137 Å². The summed E-state index contributed by atoms with van der Waals surface area (Å²) >= 11 is 0. The Morgan fingerprint density at radius 1 is 1.04 bits per heavy atom. The predicted octanol–water partition coefficient (Wildman–Crippen LogP) is 4.02. The van der Waals surface area contributed by atoms with Crippen molar-refractivity contribution in [2.24, 2.45) is 0 Å². The van der Waals surface area contributed by atoms with Gasteiger partial charge in [0.2, 0.25) is 0 Å². The van der Waals surface area contributed by atoms with Crippen molar-refractivity contribution in [2.45, 2.75) is 13.8 Å². The quantitative estimate of drug-likeness (QED) is 0.790. The fourth-order valence-corrected chi connectivity index (χ4v) is 2.43. The van der Waals surface area contributed by atoms with Crippen LogP contribution in [0.2, 0.25) is 0 Å². The lowest BCUT2D eigenvalue weighted by molar-refractivity contribution is 0.102. The molecule has 0 aliphatic carbocycles. The Hall–Kier alpha value is -3.02. The van der Waals surface area contributed by atoms with E-state index in [-0.39, 0.29) is 5.69 Å². The maximum Gasteiger partial charge on any atom is 0.255 e. The van der Waals surface area contributed by atoms with Gasteiger partial charge in [-0.2, -0.15) is 5.10 Å². The number of halogens is 2. The lowest BCUT2D eigenvalue weighted by Crippen LogP contribution is -2.13. The number of carbonyl (C=O) groups excluding carboxylic acids is 1. The standard InChI is InChI=1S/C18H15F2N3O/c1-11-9-12(2)23(22-11)15-6-3-13(4-7-15)18(24)21-17-10-14(19)5-8-16(17)20/h3-10H,1-2H3,(H,21,24). The number of aromatic nitrogens is 2. The molecule has 0 saturated carbocycles. The van der Waals surface area contributed by atoms with Gasteiger partial charge in [0, 0.05) is 17.3 Å². The van der Waals surface area contributed by atoms with Crippen LogP contribution in [0.3, 0.4) is 0 Å². The van der Waals surface area contributed by atoms with E-state index in [2.05, 4.69) is 10.4 Å². The van der Waals surface area contributed by atoms with Crippen molar-refractivity contribution < 1.29 is 13.6 Å². The van der Waals surface area contributed by atoms with Crippen LogP contribution in [0.5, 0.6) is 0 Å². The number of hydrogen-bond acceptors (Lipinski definition) is 2. The molecule has 6 heteroatoms. The molecule has 0 atom stereocenters. The first-order chi connectivity index (χ1) is 11.4. The van der Waals surface area contributed by atoms with Crippen LogP contribution in [0.4, 0.5) is 14.5 Å². The van der Waals surface area contributed by atoms with Crippen LogP contribution in [0.15, 0.2) is 48.5 Å². The second kappa shape index (κ2) is 6.23. The van der Waals surface area contributed by atoms with Gasteiger partial charge in [0.25, 0.3) is 5.91 Å². The maximum atomic E-state index is 13.6. The van der Waals surface area contributed by atoms with Gasteiger partial charge in [-0.25, -0.2) is 13.5 Å². The summed E-state index contributed by atoms with van der Waals surface area (Å²) in [7, 11) is 0. The molecule has 0 aliphatic heterocycles. The average molecular weight is 327 g/mol. The van der Waals surface area contributed by atoms with Crippen molar-refractivity contribution in [3.8, 4) is 5.69 Å². The molecule has 1 heterocycles. The van der Waals surface area contributed by atoms with Crippen molar-refractivity contribution in [3.05, 3.63) is 77.1 Å². The third kappa shape index (κ3) is 3.17. The predicted molar refractivity (Wildman–Crippen MR) is 87.3 cm³/mol. The van der Waals surface area contributed by atoms with Gasteiger partial charge < -0.3 is 5.32 Å². The highest BCUT2D eigenvalue weighted by molar-refractivity contribution is 6.04. The van der Waals surface area contributed by atoms with Gasteiger partial charge in [0.1, 0.15) is 11.6 Å². The number of anilines is 1. The Morgan fingerprint density at radius 2 is 1.75 bits per heavy atom. The number of nitrogens with one attached hydrogen (secondary N) is 1. The molecule has 0 bridgehead atoms. The first kappa shape index (κ1) is 15.9. The second-order valence-corrected chi connectivity index (χ2v) is 5.46. The van der Waals surface area contributed by atoms with E-state index < -0.39 is 17.5 Å². The van der Waals surface area contributed by atoms with Gasteiger partial charge in [0.05, 0.1) is 17.1 Å². The Bertz CT molecular complexity index is 901. The second-order valence-electron chi connectivity index (χ2n) is 5.46. The number of carbonyl (C=O) groups is 1. The number of nitrogens with zero attached hydrogens (tertiary/aromatic N) is 2. The maximum absolute atomic E-state index is 13.6. The van der Waals surface area contributed by atoms with E-state index in [1.54, 1.807) is 28.9 Å². The molecular weight excluding hydrogens is 312 g/mol. The topological polar surface area (TPSA) is 46.9 Å². The molecular formula is C18H15F2N3O. The van der Waals surface area contributed by atoms with Crippen LogP contribution in [-0.2, 0) is 0 Å². The van der Waals surface area contributed by atoms with Crippen LogP contribution in [0, 0.1) is 25.5 Å². The number of rotatable bonds is 3. The molecule has 0 saturated heterocycles. The third-order valence-electron chi connectivity index (χ3n) is 3.56. The van der Waals surface area contributed by atoms with E-state index in [9.17, 15) is 13.6 Å². The summed E-state index contributed by atoms with van der Waals surface area (Å²) in [5.41, 5.74) is 2.84. The third-order valence-corrected chi connectivity index (χ3v) is 3.56. The zero-order chi connectivity index (χ0) is 17.3. The highest BCUT2D eigenvalue weighted by atomic mass is 19.1. The number of amides is 1. The molecule has 0 spiro atoms. The van der Waals surface area contributed by atoms with E-state index in [1.165, 1.54) is 0 Å². The summed E-state index contributed by atoms with van der Waals surface area (Å²) in [5, 5.41) is 6.73. The molecule has 24 heavy (non-hydrogen) atoms. The van der Waals surface area contributed by atoms with Gasteiger partial charge in [-0.3, -0.25) is 4.79 Å². The Morgan fingerprint density at radius 3 is 2.38 bits per heavy atom. The van der Waals surface area contributed by atoms with Gasteiger partial charge in [-0.05, 0) is 56.3 Å². The van der Waals surface area contributed by atoms with E-state index in [1.807, 2.05) is 19.9 Å². The van der Waals surface area contributed by atoms with E-state index in [4.69, 9.17) is 0 Å². The summed E-state index contributed by atoms with van der Waals surface area (Å²) in [6.45, 7) is 3.84. The SMILES string of the molecule is Cc1cc(C)n(-c2ccc(C(=O)Nc3cc(F)ccc3F)cc2)n1. The molecule has 3 aromatic rings. The molecule has 0 aliphatic rings. The molecule has 3 rings (SSSR count). The summed E-state index contributed by atoms with van der Waals surface area (Å²) in [5.74, 6) is -1.82. The fraction of sp³-hybridized carbons (Fsp3) is 0.111. The summed E-state index contributed by atoms with van der Waals surface area (Å²) in [6, 6.07) is 11.6. The molecule has 1 amide bonds. The van der Waals surface area contributed by atoms with Gasteiger partial charge in [-0.1, -0.05) is 0 Å². The van der Waals surface area contributed by atoms with Crippen molar-refractivity contribution in [2.75, 3.05) is 5.32 Å². The van der Waals surface area contributed by atoms with Crippen molar-refractivity contribution in [3.63, 3.8) is 0 Å². The lowest BCUT2D eigenvalue weighted by Gasteiger charge is -2.08. The first-order valence-electron chi connectivity index (χ1n) is 7.34. The smallest absolute Gasteiger partial charge is 0.255 e. The van der Waals surface area contributed by atoms with Crippen molar-refractivity contribution >= 4 is 11.6 Å².